The maximum atomic E-state index is 13.0. The number of carbonyl (C=O) groups excluding carboxylic acids is 1. The molecule has 1 aromatic heterocycles. The van der Waals surface area contributed by atoms with E-state index in [1.165, 1.54) is 23.5 Å². The Kier molecular flexibility index (Phi) is 6.92. The Morgan fingerprint density at radius 1 is 1.39 bits per heavy atom. The molecule has 0 saturated heterocycles. The van der Waals surface area contributed by atoms with Gasteiger partial charge in [0.15, 0.2) is 5.13 Å². The van der Waals surface area contributed by atoms with Crippen LogP contribution in [0, 0.1) is 5.82 Å². The topological polar surface area (TPSA) is 72.5 Å². The zero-order valence-corrected chi connectivity index (χ0v) is 13.5. The van der Waals surface area contributed by atoms with E-state index in [4.69, 9.17) is 9.47 Å². The van der Waals surface area contributed by atoms with Crippen molar-refractivity contribution in [3.8, 4) is 0 Å². The summed E-state index contributed by atoms with van der Waals surface area (Å²) in [5, 5.41) is 7.57. The van der Waals surface area contributed by atoms with Crippen molar-refractivity contribution in [1.29, 1.82) is 0 Å². The van der Waals surface area contributed by atoms with Crippen LogP contribution < -0.4 is 10.6 Å². The SMILES string of the molecule is COCCOCc1csc(NC(=O)NCc2cccc(F)c2)n1. The van der Waals surface area contributed by atoms with E-state index in [0.717, 1.165) is 5.69 Å². The van der Waals surface area contributed by atoms with Gasteiger partial charge in [-0.15, -0.1) is 11.3 Å². The molecule has 0 spiro atoms. The Morgan fingerprint density at radius 2 is 2.26 bits per heavy atom. The van der Waals surface area contributed by atoms with E-state index in [1.54, 1.807) is 19.2 Å². The van der Waals surface area contributed by atoms with Crippen molar-refractivity contribution >= 4 is 22.5 Å². The normalized spacial score (nSPS) is 10.5. The van der Waals surface area contributed by atoms with Crippen molar-refractivity contribution in [2.75, 3.05) is 25.6 Å². The molecule has 0 atom stereocenters. The molecule has 1 aromatic carbocycles. The Morgan fingerprint density at radius 3 is 3.04 bits per heavy atom. The van der Waals surface area contributed by atoms with Gasteiger partial charge in [0, 0.05) is 19.0 Å². The van der Waals surface area contributed by atoms with E-state index < -0.39 is 6.03 Å². The van der Waals surface area contributed by atoms with E-state index in [-0.39, 0.29) is 12.4 Å². The molecule has 0 aliphatic rings. The highest BCUT2D eigenvalue weighted by Crippen LogP contribution is 2.15. The number of thiazole rings is 1. The number of rotatable bonds is 8. The quantitative estimate of drug-likeness (QED) is 0.726. The number of benzene rings is 1. The van der Waals surface area contributed by atoms with E-state index in [2.05, 4.69) is 15.6 Å². The molecule has 2 aromatic rings. The van der Waals surface area contributed by atoms with Gasteiger partial charge in [0.25, 0.3) is 0 Å². The number of aromatic nitrogens is 1. The Bertz CT molecular complexity index is 636. The molecule has 2 N–H and O–H groups in total. The third-order valence-electron chi connectivity index (χ3n) is 2.80. The monoisotopic (exact) mass is 339 g/mol. The second-order valence-electron chi connectivity index (χ2n) is 4.63. The summed E-state index contributed by atoms with van der Waals surface area (Å²) < 4.78 is 23.3. The summed E-state index contributed by atoms with van der Waals surface area (Å²) >= 11 is 1.31. The maximum Gasteiger partial charge on any atom is 0.321 e. The fraction of sp³-hybridized carbons (Fsp3) is 0.333. The third kappa shape index (κ3) is 6.31. The number of anilines is 1. The average molecular weight is 339 g/mol. The number of ether oxygens (including phenoxy) is 2. The van der Waals surface area contributed by atoms with Crippen molar-refractivity contribution in [2.24, 2.45) is 0 Å². The van der Waals surface area contributed by atoms with Crippen LogP contribution in [0.15, 0.2) is 29.6 Å². The van der Waals surface area contributed by atoms with Gasteiger partial charge in [-0.25, -0.2) is 14.2 Å². The lowest BCUT2D eigenvalue weighted by Gasteiger charge is -2.05. The minimum absolute atomic E-state index is 0.238. The van der Waals surface area contributed by atoms with Gasteiger partial charge in [0.1, 0.15) is 5.82 Å². The van der Waals surface area contributed by atoms with Gasteiger partial charge >= 0.3 is 6.03 Å². The van der Waals surface area contributed by atoms with Crippen LogP contribution in [0.2, 0.25) is 0 Å². The molecule has 23 heavy (non-hydrogen) atoms. The minimum Gasteiger partial charge on any atom is -0.382 e. The van der Waals surface area contributed by atoms with Gasteiger partial charge in [-0.2, -0.15) is 0 Å². The Labute approximate surface area is 137 Å². The van der Waals surface area contributed by atoms with Crippen molar-refractivity contribution < 1.29 is 18.7 Å². The lowest BCUT2D eigenvalue weighted by Crippen LogP contribution is -2.28. The Balaban J connectivity index is 1.73. The maximum absolute atomic E-state index is 13.0. The number of nitrogens with one attached hydrogen (secondary N) is 2. The van der Waals surface area contributed by atoms with E-state index >= 15 is 0 Å². The molecule has 0 aliphatic heterocycles. The molecule has 0 saturated carbocycles. The van der Waals surface area contributed by atoms with E-state index in [9.17, 15) is 9.18 Å². The first kappa shape index (κ1) is 17.3. The molecule has 0 bridgehead atoms. The smallest absolute Gasteiger partial charge is 0.321 e. The average Bonchev–Trinajstić information content (AvgIpc) is 2.97. The second kappa shape index (κ2) is 9.19. The second-order valence-corrected chi connectivity index (χ2v) is 5.49. The number of urea groups is 1. The molecule has 0 fully saturated rings. The summed E-state index contributed by atoms with van der Waals surface area (Å²) in [5.41, 5.74) is 1.43. The molecule has 124 valence electrons. The summed E-state index contributed by atoms with van der Waals surface area (Å²) in [6.45, 7) is 1.62. The molecule has 1 heterocycles. The van der Waals surface area contributed by atoms with Crippen LogP contribution in [-0.4, -0.2) is 31.3 Å². The Hall–Kier alpha value is -2.03. The van der Waals surface area contributed by atoms with Gasteiger partial charge in [0.2, 0.25) is 0 Å². The summed E-state index contributed by atoms with van der Waals surface area (Å²) in [6.07, 6.45) is 0. The molecular weight excluding hydrogens is 321 g/mol. The van der Waals surface area contributed by atoms with E-state index in [0.29, 0.717) is 30.5 Å². The molecule has 2 rings (SSSR count). The molecule has 0 aliphatic carbocycles. The molecule has 2 amide bonds. The molecule has 0 unspecified atom stereocenters. The highest BCUT2D eigenvalue weighted by atomic mass is 32.1. The summed E-state index contributed by atoms with van der Waals surface area (Å²) in [5.74, 6) is -0.331. The summed E-state index contributed by atoms with van der Waals surface area (Å²) in [6, 6.07) is 5.67. The fourth-order valence-corrected chi connectivity index (χ4v) is 2.41. The largest absolute Gasteiger partial charge is 0.382 e. The zero-order valence-electron chi connectivity index (χ0n) is 12.7. The highest BCUT2D eigenvalue weighted by Gasteiger charge is 2.07. The number of hydrogen-bond donors (Lipinski definition) is 2. The number of carbonyl (C=O) groups is 1. The molecule has 6 nitrogen and oxygen atoms in total. The third-order valence-corrected chi connectivity index (χ3v) is 3.60. The molecular formula is C15H18FN3O3S. The zero-order chi connectivity index (χ0) is 16.5. The predicted octanol–water partition coefficient (Wildman–Crippen LogP) is 2.77. The lowest BCUT2D eigenvalue weighted by molar-refractivity contribution is 0.0604. The van der Waals surface area contributed by atoms with Crippen LogP contribution in [0.3, 0.4) is 0 Å². The minimum atomic E-state index is -0.393. The standard InChI is InChI=1S/C15H18FN3O3S/c1-21-5-6-22-9-13-10-23-15(18-13)19-14(20)17-8-11-3-2-4-12(16)7-11/h2-4,7,10H,5-6,8-9H2,1H3,(H2,17,18,19,20). The number of nitrogens with zero attached hydrogens (tertiary/aromatic N) is 1. The van der Waals surface area contributed by atoms with Gasteiger partial charge in [-0.3, -0.25) is 5.32 Å². The lowest BCUT2D eigenvalue weighted by atomic mass is 10.2. The predicted molar refractivity (Wildman–Crippen MR) is 85.9 cm³/mol. The van der Waals surface area contributed by atoms with Crippen LogP contribution in [0.1, 0.15) is 11.3 Å². The van der Waals surface area contributed by atoms with Crippen molar-refractivity contribution in [2.45, 2.75) is 13.2 Å². The van der Waals surface area contributed by atoms with Crippen molar-refractivity contribution in [3.63, 3.8) is 0 Å². The van der Waals surface area contributed by atoms with Gasteiger partial charge in [0.05, 0.1) is 25.5 Å². The fourth-order valence-electron chi connectivity index (χ4n) is 1.72. The number of halogens is 1. The summed E-state index contributed by atoms with van der Waals surface area (Å²) in [7, 11) is 1.61. The van der Waals surface area contributed by atoms with Crippen LogP contribution in [-0.2, 0) is 22.6 Å². The van der Waals surface area contributed by atoms with Gasteiger partial charge < -0.3 is 14.8 Å². The van der Waals surface area contributed by atoms with Gasteiger partial charge in [-0.1, -0.05) is 12.1 Å². The number of methoxy groups -OCH3 is 1. The van der Waals surface area contributed by atoms with Crippen molar-refractivity contribution in [3.05, 3.63) is 46.7 Å². The number of amides is 2. The van der Waals surface area contributed by atoms with E-state index in [1.807, 2.05) is 5.38 Å². The number of hydrogen-bond acceptors (Lipinski definition) is 5. The first-order valence-corrected chi connectivity index (χ1v) is 7.85. The van der Waals surface area contributed by atoms with Crippen LogP contribution in [0.4, 0.5) is 14.3 Å². The first-order chi connectivity index (χ1) is 11.2. The first-order valence-electron chi connectivity index (χ1n) is 6.98. The van der Waals surface area contributed by atoms with Crippen LogP contribution >= 0.6 is 11.3 Å². The van der Waals surface area contributed by atoms with Crippen LogP contribution in [0.25, 0.3) is 0 Å². The molecule has 0 radical (unpaired) electrons. The molecule has 8 heteroatoms. The van der Waals surface area contributed by atoms with Gasteiger partial charge in [-0.05, 0) is 17.7 Å². The summed E-state index contributed by atoms with van der Waals surface area (Å²) in [4.78, 5) is 16.0. The van der Waals surface area contributed by atoms with Crippen LogP contribution in [0.5, 0.6) is 0 Å². The van der Waals surface area contributed by atoms with Crippen molar-refractivity contribution in [1.82, 2.24) is 10.3 Å². The highest BCUT2D eigenvalue weighted by molar-refractivity contribution is 7.13.